The molecule has 0 bridgehead atoms. The highest BCUT2D eigenvalue weighted by atomic mass is 14.9. The number of hydrogen-bond donors (Lipinski definition) is 2. The van der Waals surface area contributed by atoms with Crippen LogP contribution in [0.5, 0.6) is 0 Å². The van der Waals surface area contributed by atoms with E-state index in [1.54, 1.807) is 0 Å². The third kappa shape index (κ3) is 5.28. The number of hydrogen-bond acceptors (Lipinski definition) is 2. The first kappa shape index (κ1) is 16.7. The molecule has 0 aromatic heterocycles. The Morgan fingerprint density at radius 2 is 1.27 bits per heavy atom. The zero-order valence-electron chi connectivity index (χ0n) is 13.5. The molecule has 0 atom stereocenters. The molecule has 0 spiro atoms. The zero-order valence-corrected chi connectivity index (χ0v) is 13.5. The molecule has 1 saturated carbocycles. The Labute approximate surface area is 134 Å². The van der Waals surface area contributed by atoms with E-state index in [0.29, 0.717) is 0 Å². The van der Waals surface area contributed by atoms with Crippen LogP contribution in [0.4, 0.5) is 0 Å². The van der Waals surface area contributed by atoms with Gasteiger partial charge in [0.05, 0.1) is 6.04 Å². The molecule has 3 N–H and O–H groups in total. The van der Waals surface area contributed by atoms with Crippen LogP contribution in [0.3, 0.4) is 0 Å². The third-order valence-electron chi connectivity index (χ3n) is 4.33. The van der Waals surface area contributed by atoms with Crippen LogP contribution in [-0.2, 0) is 0 Å². The van der Waals surface area contributed by atoms with Crippen molar-refractivity contribution in [1.82, 2.24) is 5.32 Å². The van der Waals surface area contributed by atoms with Crippen LogP contribution in [-0.4, -0.2) is 13.1 Å². The van der Waals surface area contributed by atoms with E-state index in [-0.39, 0.29) is 6.04 Å². The summed E-state index contributed by atoms with van der Waals surface area (Å²) >= 11 is 0. The Morgan fingerprint density at radius 3 is 1.64 bits per heavy atom. The van der Waals surface area contributed by atoms with E-state index in [4.69, 9.17) is 5.73 Å². The van der Waals surface area contributed by atoms with Crippen molar-refractivity contribution in [2.24, 2.45) is 5.73 Å². The maximum Gasteiger partial charge on any atom is 0.0551 e. The largest absolute Gasteiger partial charge is 0.320 e. The summed E-state index contributed by atoms with van der Waals surface area (Å²) in [4.78, 5) is 0. The van der Waals surface area contributed by atoms with Gasteiger partial charge in [-0.2, -0.15) is 0 Å². The lowest BCUT2D eigenvalue weighted by molar-refractivity contribution is 0.394. The van der Waals surface area contributed by atoms with Gasteiger partial charge in [-0.1, -0.05) is 79.9 Å². The number of nitrogens with one attached hydrogen (secondary N) is 1. The minimum absolute atomic E-state index is 0.0163. The van der Waals surface area contributed by atoms with E-state index >= 15 is 0 Å². The highest BCUT2D eigenvalue weighted by molar-refractivity contribution is 5.30. The van der Waals surface area contributed by atoms with Gasteiger partial charge in [0.25, 0.3) is 0 Å². The highest BCUT2D eigenvalue weighted by Crippen LogP contribution is 2.18. The summed E-state index contributed by atoms with van der Waals surface area (Å²) in [6.07, 6.45) is 7.13. The molecule has 2 nitrogen and oxygen atoms in total. The van der Waals surface area contributed by atoms with Gasteiger partial charge in [-0.05, 0) is 31.0 Å². The summed E-state index contributed by atoms with van der Waals surface area (Å²) in [6.45, 7) is 0. The molecule has 0 saturated heterocycles. The molecule has 0 amide bonds. The Morgan fingerprint density at radius 1 is 0.818 bits per heavy atom. The molecule has 1 aliphatic carbocycles. The van der Waals surface area contributed by atoms with Crippen molar-refractivity contribution in [1.29, 1.82) is 0 Å². The second-order valence-electron chi connectivity index (χ2n) is 5.92. The van der Waals surface area contributed by atoms with E-state index < -0.39 is 0 Å². The first-order chi connectivity index (χ1) is 10.8. The predicted octanol–water partition coefficient (Wildman–Crippen LogP) is 4.27. The second-order valence-corrected chi connectivity index (χ2v) is 5.92. The molecule has 22 heavy (non-hydrogen) atoms. The molecule has 0 radical (unpaired) electrons. The standard InChI is InChI=1S/C13H13N.C7H15N/c14-13(11-7-3-1-4-8-11)12-9-5-2-6-10-12;1-8-7-5-3-2-4-6-7/h1-10,13H,14H2;7-8H,2-6H2,1H3. The maximum atomic E-state index is 6.12. The van der Waals surface area contributed by atoms with Gasteiger partial charge in [0.15, 0.2) is 0 Å². The highest BCUT2D eigenvalue weighted by Gasteiger charge is 2.09. The quantitative estimate of drug-likeness (QED) is 0.887. The summed E-state index contributed by atoms with van der Waals surface area (Å²) in [5, 5.41) is 3.30. The molecular formula is C20H28N2. The van der Waals surface area contributed by atoms with E-state index in [1.807, 2.05) is 36.4 Å². The van der Waals surface area contributed by atoms with Crippen LogP contribution in [0.2, 0.25) is 0 Å². The molecule has 118 valence electrons. The van der Waals surface area contributed by atoms with E-state index in [9.17, 15) is 0 Å². The fourth-order valence-corrected chi connectivity index (χ4v) is 2.90. The summed E-state index contributed by atoms with van der Waals surface area (Å²) in [6, 6.07) is 21.1. The Hall–Kier alpha value is -1.64. The van der Waals surface area contributed by atoms with Gasteiger partial charge in [0.2, 0.25) is 0 Å². The lowest BCUT2D eigenvalue weighted by Gasteiger charge is -2.20. The molecule has 2 aromatic rings. The SMILES string of the molecule is CNC1CCCCC1.NC(c1ccccc1)c1ccccc1. The van der Waals surface area contributed by atoms with Gasteiger partial charge in [-0.25, -0.2) is 0 Å². The van der Waals surface area contributed by atoms with E-state index in [1.165, 1.54) is 32.1 Å². The van der Waals surface area contributed by atoms with Gasteiger partial charge < -0.3 is 11.1 Å². The average Bonchev–Trinajstić information content (AvgIpc) is 2.64. The van der Waals surface area contributed by atoms with Gasteiger partial charge in [0.1, 0.15) is 0 Å². The molecular weight excluding hydrogens is 268 g/mol. The second kappa shape index (κ2) is 9.39. The monoisotopic (exact) mass is 296 g/mol. The first-order valence-corrected chi connectivity index (χ1v) is 8.34. The maximum absolute atomic E-state index is 6.12. The Balaban J connectivity index is 0.000000188. The van der Waals surface area contributed by atoms with E-state index in [2.05, 4.69) is 36.6 Å². The van der Waals surface area contributed by atoms with Crippen molar-refractivity contribution < 1.29 is 0 Å². The van der Waals surface area contributed by atoms with Crippen molar-refractivity contribution in [2.45, 2.75) is 44.2 Å². The van der Waals surface area contributed by atoms with Crippen LogP contribution in [0.25, 0.3) is 0 Å². The van der Waals surface area contributed by atoms with Crippen LogP contribution < -0.4 is 11.1 Å². The van der Waals surface area contributed by atoms with Crippen LogP contribution in [0.15, 0.2) is 60.7 Å². The summed E-state index contributed by atoms with van der Waals surface area (Å²) in [7, 11) is 2.07. The smallest absolute Gasteiger partial charge is 0.0551 e. The molecule has 0 unspecified atom stereocenters. The normalized spacial score (nSPS) is 15.2. The van der Waals surface area contributed by atoms with Crippen molar-refractivity contribution >= 4 is 0 Å². The zero-order chi connectivity index (χ0) is 15.6. The molecule has 2 heteroatoms. The molecule has 0 heterocycles. The van der Waals surface area contributed by atoms with Crippen molar-refractivity contribution in [3.05, 3.63) is 71.8 Å². The first-order valence-electron chi connectivity index (χ1n) is 8.34. The van der Waals surface area contributed by atoms with Crippen LogP contribution in [0, 0.1) is 0 Å². The minimum Gasteiger partial charge on any atom is -0.320 e. The molecule has 0 aliphatic heterocycles. The molecule has 2 aromatic carbocycles. The lowest BCUT2D eigenvalue weighted by atomic mass is 9.96. The van der Waals surface area contributed by atoms with Crippen molar-refractivity contribution in [3.8, 4) is 0 Å². The summed E-state index contributed by atoms with van der Waals surface area (Å²) in [5.74, 6) is 0. The van der Waals surface area contributed by atoms with Crippen LogP contribution >= 0.6 is 0 Å². The van der Waals surface area contributed by atoms with Gasteiger partial charge in [-0.3, -0.25) is 0 Å². The molecule has 1 fully saturated rings. The predicted molar refractivity (Wildman–Crippen MR) is 94.8 cm³/mol. The minimum atomic E-state index is -0.0163. The topological polar surface area (TPSA) is 38.0 Å². The third-order valence-corrected chi connectivity index (χ3v) is 4.33. The molecule has 1 aliphatic rings. The van der Waals surface area contributed by atoms with Gasteiger partial charge in [0, 0.05) is 6.04 Å². The van der Waals surface area contributed by atoms with E-state index in [0.717, 1.165) is 17.2 Å². The van der Waals surface area contributed by atoms with Gasteiger partial charge in [-0.15, -0.1) is 0 Å². The average molecular weight is 296 g/mol. The Kier molecular flexibility index (Phi) is 7.14. The lowest BCUT2D eigenvalue weighted by Crippen LogP contribution is -2.26. The number of benzene rings is 2. The fourth-order valence-electron chi connectivity index (χ4n) is 2.90. The number of nitrogens with two attached hydrogens (primary N) is 1. The fraction of sp³-hybridized carbons (Fsp3) is 0.400. The Bertz CT molecular complexity index is 464. The van der Waals surface area contributed by atoms with Crippen LogP contribution in [0.1, 0.15) is 49.3 Å². The number of rotatable bonds is 3. The van der Waals surface area contributed by atoms with Crippen molar-refractivity contribution in [2.75, 3.05) is 7.05 Å². The van der Waals surface area contributed by atoms with Gasteiger partial charge >= 0.3 is 0 Å². The summed E-state index contributed by atoms with van der Waals surface area (Å²) in [5.41, 5.74) is 8.42. The molecule has 3 rings (SSSR count). The summed E-state index contributed by atoms with van der Waals surface area (Å²) < 4.78 is 0. The van der Waals surface area contributed by atoms with Crippen molar-refractivity contribution in [3.63, 3.8) is 0 Å².